The van der Waals surface area contributed by atoms with Crippen molar-refractivity contribution in [2.45, 2.75) is 32.2 Å². The first-order valence-corrected chi connectivity index (χ1v) is 9.65. The molecule has 2 atom stereocenters. The molecule has 0 spiro atoms. The van der Waals surface area contributed by atoms with Gasteiger partial charge in [0.05, 0.1) is 25.9 Å². The summed E-state index contributed by atoms with van der Waals surface area (Å²) < 4.78 is 16.2. The quantitative estimate of drug-likeness (QED) is 0.587. The van der Waals surface area contributed by atoms with E-state index in [1.807, 2.05) is 38.1 Å². The number of β-amino-alcohol motifs (C(OH)–C–C–N with tert-alkyl or cyclic N) is 2. The fourth-order valence-electron chi connectivity index (χ4n) is 3.02. The van der Waals surface area contributed by atoms with E-state index in [1.54, 1.807) is 7.11 Å². The topological polar surface area (TPSA) is 74.6 Å². The summed E-state index contributed by atoms with van der Waals surface area (Å²) in [7, 11) is 1.62. The Balaban J connectivity index is 1.61. The Bertz CT molecular complexity index is 518. The van der Waals surface area contributed by atoms with Crippen LogP contribution < -0.4 is 9.47 Å². The van der Waals surface area contributed by atoms with Crippen LogP contribution in [-0.4, -0.2) is 97.9 Å². The van der Waals surface area contributed by atoms with E-state index in [2.05, 4.69) is 9.80 Å². The number of aliphatic hydroxyl groups is 2. The molecule has 1 fully saturated rings. The van der Waals surface area contributed by atoms with Gasteiger partial charge in [0.25, 0.3) is 0 Å². The summed E-state index contributed by atoms with van der Waals surface area (Å²) >= 11 is 0. The molecule has 27 heavy (non-hydrogen) atoms. The van der Waals surface area contributed by atoms with E-state index in [4.69, 9.17) is 14.2 Å². The molecule has 2 N–H and O–H groups in total. The minimum Gasteiger partial charge on any atom is -0.497 e. The third-order valence-electron chi connectivity index (χ3n) is 4.53. The minimum atomic E-state index is -0.538. The van der Waals surface area contributed by atoms with Crippen LogP contribution >= 0.6 is 0 Å². The monoisotopic (exact) mass is 382 g/mol. The Kier molecular flexibility index (Phi) is 9.30. The maximum Gasteiger partial charge on any atom is 0.119 e. The highest BCUT2D eigenvalue weighted by atomic mass is 16.5. The van der Waals surface area contributed by atoms with Crippen molar-refractivity contribution >= 4 is 0 Å². The molecule has 0 saturated carbocycles. The number of benzene rings is 1. The Morgan fingerprint density at radius 1 is 0.852 bits per heavy atom. The Morgan fingerprint density at radius 3 is 1.81 bits per heavy atom. The second kappa shape index (κ2) is 11.5. The molecule has 0 aliphatic carbocycles. The third-order valence-corrected chi connectivity index (χ3v) is 4.53. The van der Waals surface area contributed by atoms with E-state index in [0.717, 1.165) is 37.7 Å². The van der Waals surface area contributed by atoms with Crippen LogP contribution in [-0.2, 0) is 4.74 Å². The van der Waals surface area contributed by atoms with Crippen molar-refractivity contribution in [1.82, 2.24) is 9.80 Å². The highest BCUT2D eigenvalue weighted by Gasteiger charge is 2.21. The number of aliphatic hydroxyl groups excluding tert-OH is 2. The second-order valence-electron chi connectivity index (χ2n) is 7.28. The number of piperazine rings is 1. The van der Waals surface area contributed by atoms with Crippen LogP contribution in [0.15, 0.2) is 24.3 Å². The number of nitrogens with zero attached hydrogens (tertiary/aromatic N) is 2. The molecule has 0 amide bonds. The van der Waals surface area contributed by atoms with Gasteiger partial charge in [-0.15, -0.1) is 0 Å². The van der Waals surface area contributed by atoms with Crippen LogP contribution in [0.3, 0.4) is 0 Å². The van der Waals surface area contributed by atoms with Crippen LogP contribution in [0.5, 0.6) is 11.5 Å². The molecule has 1 aliphatic heterocycles. The standard InChI is InChI=1S/C20H34N2O5/c1-16(2)26-14-17(23)12-21-8-10-22(11-9-21)13-18(24)15-27-20-6-4-19(25-3)5-7-20/h4-7,16-18,23-24H,8-15H2,1-3H3/t17-,18+/m0/s1. The van der Waals surface area contributed by atoms with E-state index < -0.39 is 12.2 Å². The maximum atomic E-state index is 10.2. The van der Waals surface area contributed by atoms with E-state index in [1.165, 1.54) is 0 Å². The van der Waals surface area contributed by atoms with Gasteiger partial charge in [-0.2, -0.15) is 0 Å². The molecule has 0 bridgehead atoms. The van der Waals surface area contributed by atoms with Gasteiger partial charge in [0.15, 0.2) is 0 Å². The van der Waals surface area contributed by atoms with Crippen LogP contribution in [0.1, 0.15) is 13.8 Å². The first-order valence-electron chi connectivity index (χ1n) is 9.65. The van der Waals surface area contributed by atoms with Crippen molar-refractivity contribution < 1.29 is 24.4 Å². The summed E-state index contributed by atoms with van der Waals surface area (Å²) in [5.41, 5.74) is 0. The summed E-state index contributed by atoms with van der Waals surface area (Å²) in [5, 5.41) is 20.3. The third kappa shape index (κ3) is 8.45. The van der Waals surface area contributed by atoms with Crippen LogP contribution in [0.2, 0.25) is 0 Å². The van der Waals surface area contributed by atoms with Gasteiger partial charge in [-0.05, 0) is 38.1 Å². The second-order valence-corrected chi connectivity index (χ2v) is 7.28. The first-order chi connectivity index (χ1) is 13.0. The highest BCUT2D eigenvalue weighted by Crippen LogP contribution is 2.17. The van der Waals surface area contributed by atoms with E-state index in [-0.39, 0.29) is 12.7 Å². The van der Waals surface area contributed by atoms with Gasteiger partial charge in [0.2, 0.25) is 0 Å². The smallest absolute Gasteiger partial charge is 0.119 e. The van der Waals surface area contributed by atoms with Crippen molar-refractivity contribution in [3.63, 3.8) is 0 Å². The molecule has 1 saturated heterocycles. The number of ether oxygens (including phenoxy) is 3. The number of methoxy groups -OCH3 is 1. The lowest BCUT2D eigenvalue weighted by Crippen LogP contribution is -2.51. The lowest BCUT2D eigenvalue weighted by atomic mass is 10.2. The summed E-state index contributed by atoms with van der Waals surface area (Å²) in [6.45, 7) is 9.29. The molecular weight excluding hydrogens is 348 g/mol. The molecule has 7 nitrogen and oxygen atoms in total. The Labute approximate surface area is 162 Å². The molecule has 154 valence electrons. The zero-order valence-electron chi connectivity index (χ0n) is 16.7. The largest absolute Gasteiger partial charge is 0.497 e. The fraction of sp³-hybridized carbons (Fsp3) is 0.700. The predicted octanol–water partition coefficient (Wildman–Crippen LogP) is 0.838. The molecule has 1 aliphatic rings. The van der Waals surface area contributed by atoms with Gasteiger partial charge in [-0.3, -0.25) is 9.80 Å². The molecular formula is C20H34N2O5. The van der Waals surface area contributed by atoms with Gasteiger partial charge in [-0.25, -0.2) is 0 Å². The molecule has 0 unspecified atom stereocenters. The fourth-order valence-corrected chi connectivity index (χ4v) is 3.02. The van der Waals surface area contributed by atoms with Crippen LogP contribution in [0.4, 0.5) is 0 Å². The molecule has 0 aromatic heterocycles. The zero-order valence-corrected chi connectivity index (χ0v) is 16.7. The van der Waals surface area contributed by atoms with Crippen LogP contribution in [0.25, 0.3) is 0 Å². The Morgan fingerprint density at radius 2 is 1.33 bits per heavy atom. The summed E-state index contributed by atoms with van der Waals surface area (Å²) in [6.07, 6.45) is -0.857. The van der Waals surface area contributed by atoms with Gasteiger partial charge in [0.1, 0.15) is 24.2 Å². The zero-order chi connectivity index (χ0) is 19.6. The molecule has 1 aromatic carbocycles. The van der Waals surface area contributed by atoms with E-state index in [9.17, 15) is 10.2 Å². The van der Waals surface area contributed by atoms with Gasteiger partial charge < -0.3 is 24.4 Å². The van der Waals surface area contributed by atoms with Crippen molar-refractivity contribution in [2.75, 3.05) is 59.6 Å². The summed E-state index contributed by atoms with van der Waals surface area (Å²) in [4.78, 5) is 4.47. The predicted molar refractivity (Wildman–Crippen MR) is 104 cm³/mol. The normalized spacial score (nSPS) is 18.4. The van der Waals surface area contributed by atoms with Crippen molar-refractivity contribution in [3.05, 3.63) is 24.3 Å². The lowest BCUT2D eigenvalue weighted by molar-refractivity contribution is -0.0176. The SMILES string of the molecule is COc1ccc(OC[C@H](O)CN2CCN(C[C@H](O)COC(C)C)CC2)cc1. The van der Waals surface area contributed by atoms with Crippen molar-refractivity contribution in [2.24, 2.45) is 0 Å². The summed E-state index contributed by atoms with van der Waals surface area (Å²) in [5.74, 6) is 1.50. The maximum absolute atomic E-state index is 10.2. The van der Waals surface area contributed by atoms with E-state index in [0.29, 0.717) is 19.7 Å². The molecule has 7 heteroatoms. The van der Waals surface area contributed by atoms with Gasteiger partial charge >= 0.3 is 0 Å². The van der Waals surface area contributed by atoms with Gasteiger partial charge in [-0.1, -0.05) is 0 Å². The number of rotatable bonds is 11. The first kappa shape index (κ1) is 21.9. The van der Waals surface area contributed by atoms with Crippen molar-refractivity contribution in [3.8, 4) is 11.5 Å². The van der Waals surface area contributed by atoms with Gasteiger partial charge in [0, 0.05) is 39.3 Å². The Hall–Kier alpha value is -1.38. The average molecular weight is 383 g/mol. The highest BCUT2D eigenvalue weighted by molar-refractivity contribution is 5.31. The number of hydrogen-bond donors (Lipinski definition) is 2. The average Bonchev–Trinajstić information content (AvgIpc) is 2.66. The number of hydrogen-bond acceptors (Lipinski definition) is 7. The van der Waals surface area contributed by atoms with Crippen molar-refractivity contribution in [1.29, 1.82) is 0 Å². The van der Waals surface area contributed by atoms with E-state index >= 15 is 0 Å². The van der Waals surface area contributed by atoms with Crippen LogP contribution in [0, 0.1) is 0 Å². The summed E-state index contributed by atoms with van der Waals surface area (Å²) in [6, 6.07) is 7.33. The lowest BCUT2D eigenvalue weighted by Gasteiger charge is -2.36. The molecule has 0 radical (unpaired) electrons. The molecule has 2 rings (SSSR count). The molecule has 1 heterocycles. The minimum absolute atomic E-state index is 0.137. The molecule has 1 aromatic rings.